The molecule has 0 aromatic heterocycles. The van der Waals surface area contributed by atoms with Gasteiger partial charge < -0.3 is 30.6 Å². The molecule has 5 N–H and O–H groups in total. The van der Waals surface area contributed by atoms with E-state index in [9.17, 15) is 34.8 Å². The fourth-order valence-electron chi connectivity index (χ4n) is 5.75. The van der Waals surface area contributed by atoms with Gasteiger partial charge in [0.15, 0.2) is 17.2 Å². The lowest BCUT2D eigenvalue weighted by molar-refractivity contribution is -0.168. The maximum absolute atomic E-state index is 13.5. The molecule has 1 aromatic rings. The zero-order valence-electron chi connectivity index (χ0n) is 20.0. The smallest absolute Gasteiger partial charge is 0.233 e. The standard InChI is InChI=1S/C25H32N2O7/c1-24(2,3)26-23(33)19-16(29)10-12-8-11-9-13-14(27(4)5)6-7-15(28)18(13)20(30)17(11)21(31)25(12,34)22(19)32/h6-7,11-12,16,19,28-29,31,34H,8-10H2,1-5H3,(H,26,33)/t11-,12+,16?,19?,25+/m1/s1. The van der Waals surface area contributed by atoms with Gasteiger partial charge in [0.2, 0.25) is 5.91 Å². The van der Waals surface area contributed by atoms with Gasteiger partial charge in [0.1, 0.15) is 17.4 Å². The molecule has 0 heterocycles. The molecule has 9 heteroatoms. The summed E-state index contributed by atoms with van der Waals surface area (Å²) in [6.45, 7) is 5.16. The van der Waals surface area contributed by atoms with Crippen LogP contribution in [0.2, 0.25) is 0 Å². The number of aliphatic hydroxyl groups excluding tert-OH is 2. The molecule has 3 aliphatic carbocycles. The van der Waals surface area contributed by atoms with Crippen molar-refractivity contribution in [3.63, 3.8) is 0 Å². The summed E-state index contributed by atoms with van der Waals surface area (Å²) in [6.07, 6.45) is -0.935. The number of amides is 1. The second-order valence-corrected chi connectivity index (χ2v) is 10.9. The first kappa shape index (κ1) is 24.2. The number of hydrogen-bond acceptors (Lipinski definition) is 8. The number of fused-ring (bicyclic) bond motifs is 3. The molecule has 3 aliphatic rings. The third-order valence-corrected chi connectivity index (χ3v) is 7.20. The van der Waals surface area contributed by atoms with Crippen LogP contribution in [0.1, 0.15) is 49.5 Å². The summed E-state index contributed by atoms with van der Waals surface area (Å²) >= 11 is 0. The number of anilines is 1. The predicted octanol–water partition coefficient (Wildman–Crippen LogP) is 1.24. The third kappa shape index (κ3) is 3.49. The lowest BCUT2D eigenvalue weighted by Crippen LogP contribution is -2.64. The van der Waals surface area contributed by atoms with Crippen LogP contribution in [-0.4, -0.2) is 69.2 Å². The third-order valence-electron chi connectivity index (χ3n) is 7.20. The molecule has 0 bridgehead atoms. The first-order valence-electron chi connectivity index (χ1n) is 11.5. The summed E-state index contributed by atoms with van der Waals surface area (Å²) in [5.74, 6) is -6.39. The topological polar surface area (TPSA) is 147 Å². The molecule has 1 amide bonds. The number of rotatable bonds is 2. The van der Waals surface area contributed by atoms with E-state index in [2.05, 4.69) is 5.32 Å². The van der Waals surface area contributed by atoms with Crippen LogP contribution in [-0.2, 0) is 16.0 Å². The van der Waals surface area contributed by atoms with E-state index >= 15 is 0 Å². The fraction of sp³-hybridized carbons (Fsp3) is 0.560. The number of phenols is 1. The van der Waals surface area contributed by atoms with Gasteiger partial charge in [0.25, 0.3) is 0 Å². The Hall–Kier alpha value is -2.91. The highest BCUT2D eigenvalue weighted by Crippen LogP contribution is 2.52. The number of phenolic OH excluding ortho intramolecular Hbond substituents is 1. The summed E-state index contributed by atoms with van der Waals surface area (Å²) in [4.78, 5) is 41.6. The van der Waals surface area contributed by atoms with E-state index in [1.54, 1.807) is 26.8 Å². The van der Waals surface area contributed by atoms with Crippen LogP contribution < -0.4 is 10.2 Å². The molecule has 34 heavy (non-hydrogen) atoms. The van der Waals surface area contributed by atoms with E-state index < -0.39 is 58.2 Å². The highest BCUT2D eigenvalue weighted by molar-refractivity contribution is 6.16. The molecule has 0 saturated heterocycles. The highest BCUT2D eigenvalue weighted by atomic mass is 16.3. The zero-order valence-corrected chi connectivity index (χ0v) is 20.0. The maximum Gasteiger partial charge on any atom is 0.233 e. The SMILES string of the molecule is CN(C)c1ccc(O)c2c1C[C@H]1C[C@H]3CC(O)C(C(=O)NC(C)(C)C)C(=O)[C@@]3(O)C(O)=C1C2=O. The Bertz CT molecular complexity index is 1120. The van der Waals surface area contributed by atoms with Crippen molar-refractivity contribution in [1.82, 2.24) is 5.32 Å². The van der Waals surface area contributed by atoms with Crippen LogP contribution >= 0.6 is 0 Å². The van der Waals surface area contributed by atoms with Gasteiger partial charge in [0, 0.05) is 36.8 Å². The van der Waals surface area contributed by atoms with Gasteiger partial charge in [-0.05, 0) is 63.6 Å². The number of allylic oxidation sites excluding steroid dienone is 1. The van der Waals surface area contributed by atoms with Gasteiger partial charge in [0.05, 0.1) is 11.7 Å². The minimum absolute atomic E-state index is 0.0383. The van der Waals surface area contributed by atoms with Crippen molar-refractivity contribution in [3.8, 4) is 5.75 Å². The second-order valence-electron chi connectivity index (χ2n) is 10.9. The zero-order chi connectivity index (χ0) is 25.3. The van der Waals surface area contributed by atoms with Gasteiger partial charge in [-0.25, -0.2) is 0 Å². The van der Waals surface area contributed by atoms with Crippen molar-refractivity contribution in [1.29, 1.82) is 0 Å². The van der Waals surface area contributed by atoms with Crippen molar-refractivity contribution >= 4 is 23.2 Å². The number of aliphatic hydroxyl groups is 3. The minimum atomic E-state index is -2.47. The molecular weight excluding hydrogens is 440 g/mol. The number of carbonyl (C=O) groups excluding carboxylic acids is 3. The Labute approximate surface area is 198 Å². The predicted molar refractivity (Wildman–Crippen MR) is 124 cm³/mol. The number of ketones is 2. The van der Waals surface area contributed by atoms with Crippen LogP contribution in [0, 0.1) is 17.8 Å². The van der Waals surface area contributed by atoms with Crippen molar-refractivity contribution in [2.75, 3.05) is 19.0 Å². The Balaban J connectivity index is 1.82. The maximum atomic E-state index is 13.5. The average Bonchev–Trinajstić information content (AvgIpc) is 2.69. The second kappa shape index (κ2) is 7.81. The Morgan fingerprint density at radius 3 is 2.38 bits per heavy atom. The van der Waals surface area contributed by atoms with Crippen LogP contribution in [0.5, 0.6) is 5.75 Å². The molecule has 184 valence electrons. The van der Waals surface area contributed by atoms with Crippen LogP contribution in [0.4, 0.5) is 5.69 Å². The quantitative estimate of drug-likeness (QED) is 0.404. The van der Waals surface area contributed by atoms with Crippen LogP contribution in [0.3, 0.4) is 0 Å². The number of hydrogen-bond donors (Lipinski definition) is 5. The van der Waals surface area contributed by atoms with Gasteiger partial charge in [-0.3, -0.25) is 14.4 Å². The van der Waals surface area contributed by atoms with Gasteiger partial charge in [-0.1, -0.05) is 0 Å². The molecule has 1 fully saturated rings. The van der Waals surface area contributed by atoms with Crippen molar-refractivity contribution < 1.29 is 34.8 Å². The number of Topliss-reactive ketones (excluding diaryl/α,β-unsaturated/α-hetero) is 2. The van der Waals surface area contributed by atoms with Crippen molar-refractivity contribution in [2.24, 2.45) is 17.8 Å². The van der Waals surface area contributed by atoms with E-state index in [1.165, 1.54) is 6.07 Å². The van der Waals surface area contributed by atoms with E-state index in [0.29, 0.717) is 12.0 Å². The lowest BCUT2D eigenvalue weighted by Gasteiger charge is -2.49. The summed E-state index contributed by atoms with van der Waals surface area (Å²) < 4.78 is 0. The van der Waals surface area contributed by atoms with Crippen molar-refractivity contribution in [2.45, 2.75) is 57.3 Å². The Kier molecular flexibility index (Phi) is 5.57. The molecule has 0 spiro atoms. The fourth-order valence-corrected chi connectivity index (χ4v) is 5.75. The number of nitrogens with one attached hydrogen (secondary N) is 1. The van der Waals surface area contributed by atoms with E-state index in [1.807, 2.05) is 19.0 Å². The summed E-state index contributed by atoms with van der Waals surface area (Å²) in [5, 5.41) is 46.5. The molecule has 5 atom stereocenters. The lowest BCUT2D eigenvalue weighted by atomic mass is 9.57. The largest absolute Gasteiger partial charge is 0.508 e. The molecule has 0 radical (unpaired) electrons. The molecule has 1 saturated carbocycles. The molecule has 4 rings (SSSR count). The Morgan fingerprint density at radius 1 is 1.15 bits per heavy atom. The molecular formula is C25H32N2O7. The molecule has 9 nitrogen and oxygen atoms in total. The summed E-state index contributed by atoms with van der Waals surface area (Å²) in [7, 11) is 3.64. The van der Waals surface area contributed by atoms with E-state index in [-0.39, 0.29) is 29.7 Å². The summed E-state index contributed by atoms with van der Waals surface area (Å²) in [5.41, 5.74) is -1.84. The molecule has 2 unspecified atom stereocenters. The molecule has 1 aromatic carbocycles. The van der Waals surface area contributed by atoms with Gasteiger partial charge in [-0.2, -0.15) is 0 Å². The van der Waals surface area contributed by atoms with Gasteiger partial charge >= 0.3 is 0 Å². The average molecular weight is 473 g/mol. The first-order chi connectivity index (χ1) is 15.7. The minimum Gasteiger partial charge on any atom is -0.508 e. The van der Waals surface area contributed by atoms with Crippen LogP contribution in [0.25, 0.3) is 0 Å². The van der Waals surface area contributed by atoms with Crippen molar-refractivity contribution in [3.05, 3.63) is 34.6 Å². The molecule has 0 aliphatic heterocycles. The number of carbonyl (C=O) groups is 3. The van der Waals surface area contributed by atoms with Crippen LogP contribution in [0.15, 0.2) is 23.5 Å². The number of aromatic hydroxyl groups is 1. The van der Waals surface area contributed by atoms with E-state index in [4.69, 9.17) is 0 Å². The van der Waals surface area contributed by atoms with E-state index in [0.717, 1.165) is 5.69 Å². The number of benzene rings is 1. The monoisotopic (exact) mass is 472 g/mol. The Morgan fingerprint density at radius 2 is 1.79 bits per heavy atom. The van der Waals surface area contributed by atoms with Gasteiger partial charge in [-0.15, -0.1) is 0 Å². The summed E-state index contributed by atoms with van der Waals surface area (Å²) in [6, 6.07) is 3.11. The highest BCUT2D eigenvalue weighted by Gasteiger charge is 2.62. The first-order valence-corrected chi connectivity index (χ1v) is 11.5. The normalized spacial score (nSPS) is 30.9. The number of nitrogens with zero attached hydrogens (tertiary/aromatic N) is 1.